The van der Waals surface area contributed by atoms with Gasteiger partial charge in [0.05, 0.1) is 0 Å². The maximum Gasteiger partial charge on any atom is 0.168 e. The van der Waals surface area contributed by atoms with Gasteiger partial charge in [0.2, 0.25) is 0 Å². The van der Waals surface area contributed by atoms with Crippen LogP contribution >= 0.6 is 15.9 Å². The summed E-state index contributed by atoms with van der Waals surface area (Å²) in [7, 11) is 0. The molecule has 0 aliphatic heterocycles. The first-order valence-corrected chi connectivity index (χ1v) is 7.71. The van der Waals surface area contributed by atoms with E-state index in [0.29, 0.717) is 23.9 Å². The van der Waals surface area contributed by atoms with Gasteiger partial charge in [0.25, 0.3) is 0 Å². The Morgan fingerprint density at radius 3 is 2.67 bits per heavy atom. The van der Waals surface area contributed by atoms with Gasteiger partial charge < -0.3 is 10.1 Å². The lowest BCUT2D eigenvalue weighted by Crippen LogP contribution is -2.22. The molecule has 112 valence electrons. The minimum Gasteiger partial charge on any atom is -0.454 e. The number of halogens is 2. The van der Waals surface area contributed by atoms with E-state index in [-0.39, 0.29) is 11.6 Å². The zero-order valence-corrected chi connectivity index (χ0v) is 14.0. The minimum atomic E-state index is -0.319. The van der Waals surface area contributed by atoms with Crippen LogP contribution < -0.4 is 10.1 Å². The number of rotatable bonds is 5. The highest BCUT2D eigenvalue weighted by molar-refractivity contribution is 9.10. The predicted molar refractivity (Wildman–Crippen MR) is 87.3 cm³/mol. The van der Waals surface area contributed by atoms with E-state index in [4.69, 9.17) is 4.74 Å². The number of ether oxygens (including phenoxy) is 1. The first kappa shape index (κ1) is 16.0. The molecule has 0 aliphatic rings. The standard InChI is InChI=1S/C17H19BrFNO/c1-11(2)20-10-13-7-8-14(18)9-16(13)21-15-6-4-5-12(3)17(15)19/h4-9,11,20H,10H2,1-3H3. The summed E-state index contributed by atoms with van der Waals surface area (Å²) in [6.07, 6.45) is 0. The molecule has 0 spiro atoms. The van der Waals surface area contributed by atoms with Crippen molar-refractivity contribution in [3.63, 3.8) is 0 Å². The van der Waals surface area contributed by atoms with Crippen LogP contribution in [0.1, 0.15) is 25.0 Å². The second kappa shape index (κ2) is 7.05. The smallest absolute Gasteiger partial charge is 0.168 e. The van der Waals surface area contributed by atoms with Gasteiger partial charge in [0.1, 0.15) is 5.75 Å². The Morgan fingerprint density at radius 2 is 1.95 bits per heavy atom. The Morgan fingerprint density at radius 1 is 1.19 bits per heavy atom. The van der Waals surface area contributed by atoms with Gasteiger partial charge in [-0.05, 0) is 30.7 Å². The normalized spacial score (nSPS) is 11.0. The Kier molecular flexibility index (Phi) is 5.37. The highest BCUT2D eigenvalue weighted by atomic mass is 79.9. The largest absolute Gasteiger partial charge is 0.454 e. The van der Waals surface area contributed by atoms with Crippen LogP contribution in [0, 0.1) is 12.7 Å². The highest BCUT2D eigenvalue weighted by Crippen LogP contribution is 2.31. The lowest BCUT2D eigenvalue weighted by molar-refractivity contribution is 0.432. The molecular formula is C17H19BrFNO. The molecule has 0 amide bonds. The van der Waals surface area contributed by atoms with E-state index in [1.54, 1.807) is 25.1 Å². The summed E-state index contributed by atoms with van der Waals surface area (Å²) in [5, 5.41) is 3.34. The summed E-state index contributed by atoms with van der Waals surface area (Å²) in [6, 6.07) is 11.3. The molecule has 0 saturated heterocycles. The maximum atomic E-state index is 14.1. The van der Waals surface area contributed by atoms with Crippen molar-refractivity contribution in [3.05, 3.63) is 57.8 Å². The molecule has 0 radical (unpaired) electrons. The van der Waals surface area contributed by atoms with Gasteiger partial charge in [-0.2, -0.15) is 0 Å². The fourth-order valence-electron chi connectivity index (χ4n) is 1.90. The summed E-state index contributed by atoms with van der Waals surface area (Å²) in [6.45, 7) is 6.57. The fraction of sp³-hybridized carbons (Fsp3) is 0.294. The average molecular weight is 352 g/mol. The minimum absolute atomic E-state index is 0.249. The third-order valence-corrected chi connectivity index (χ3v) is 3.60. The summed E-state index contributed by atoms with van der Waals surface area (Å²) >= 11 is 3.43. The molecule has 2 nitrogen and oxygen atoms in total. The molecule has 2 aromatic carbocycles. The van der Waals surface area contributed by atoms with Crippen molar-refractivity contribution in [3.8, 4) is 11.5 Å². The maximum absolute atomic E-state index is 14.1. The van der Waals surface area contributed by atoms with Crippen LogP contribution in [0.3, 0.4) is 0 Å². The van der Waals surface area contributed by atoms with Crippen molar-refractivity contribution in [2.75, 3.05) is 0 Å². The van der Waals surface area contributed by atoms with Crippen LogP contribution in [0.4, 0.5) is 4.39 Å². The molecule has 0 heterocycles. The third-order valence-electron chi connectivity index (χ3n) is 3.11. The molecular weight excluding hydrogens is 333 g/mol. The van der Waals surface area contributed by atoms with E-state index in [1.165, 1.54) is 0 Å². The molecule has 0 unspecified atom stereocenters. The second-order valence-corrected chi connectivity index (χ2v) is 6.19. The predicted octanol–water partition coefficient (Wildman–Crippen LogP) is 5.19. The van der Waals surface area contributed by atoms with Crippen LogP contribution in [0.15, 0.2) is 40.9 Å². The summed E-state index contributed by atoms with van der Waals surface area (Å²) in [5.41, 5.74) is 1.57. The molecule has 0 saturated carbocycles. The average Bonchev–Trinajstić information content (AvgIpc) is 2.43. The number of benzene rings is 2. The topological polar surface area (TPSA) is 21.3 Å². The first-order chi connectivity index (χ1) is 9.97. The first-order valence-electron chi connectivity index (χ1n) is 6.92. The van der Waals surface area contributed by atoms with E-state index >= 15 is 0 Å². The zero-order chi connectivity index (χ0) is 15.4. The molecule has 2 aromatic rings. The van der Waals surface area contributed by atoms with Crippen molar-refractivity contribution in [2.24, 2.45) is 0 Å². The van der Waals surface area contributed by atoms with Gasteiger partial charge in [0, 0.05) is 22.6 Å². The van der Waals surface area contributed by atoms with Gasteiger partial charge in [0.15, 0.2) is 11.6 Å². The van der Waals surface area contributed by atoms with Crippen LogP contribution in [0.25, 0.3) is 0 Å². The van der Waals surface area contributed by atoms with Gasteiger partial charge in [-0.3, -0.25) is 0 Å². The van der Waals surface area contributed by atoms with Gasteiger partial charge in [-0.15, -0.1) is 0 Å². The molecule has 0 fully saturated rings. The van der Waals surface area contributed by atoms with Crippen molar-refractivity contribution < 1.29 is 9.13 Å². The Balaban J connectivity index is 2.29. The summed E-state index contributed by atoms with van der Waals surface area (Å²) in [5.74, 6) is 0.584. The second-order valence-electron chi connectivity index (χ2n) is 5.28. The molecule has 21 heavy (non-hydrogen) atoms. The number of hydrogen-bond acceptors (Lipinski definition) is 2. The molecule has 0 aromatic heterocycles. The lowest BCUT2D eigenvalue weighted by atomic mass is 10.2. The van der Waals surface area contributed by atoms with Crippen molar-refractivity contribution in [1.82, 2.24) is 5.32 Å². The molecule has 4 heteroatoms. The quantitative estimate of drug-likeness (QED) is 0.800. The fourth-order valence-corrected chi connectivity index (χ4v) is 2.24. The Bertz CT molecular complexity index is 628. The Hall–Kier alpha value is -1.39. The number of nitrogens with one attached hydrogen (secondary N) is 1. The van der Waals surface area contributed by atoms with Crippen LogP contribution in [0.2, 0.25) is 0 Å². The summed E-state index contributed by atoms with van der Waals surface area (Å²) in [4.78, 5) is 0. The third kappa shape index (κ3) is 4.29. The van der Waals surface area contributed by atoms with Crippen LogP contribution in [-0.4, -0.2) is 6.04 Å². The highest BCUT2D eigenvalue weighted by Gasteiger charge is 2.11. The van der Waals surface area contributed by atoms with E-state index in [9.17, 15) is 4.39 Å². The van der Waals surface area contributed by atoms with Crippen LogP contribution in [0.5, 0.6) is 11.5 Å². The van der Waals surface area contributed by atoms with Crippen molar-refractivity contribution >= 4 is 15.9 Å². The SMILES string of the molecule is Cc1cccc(Oc2cc(Br)ccc2CNC(C)C)c1F. The van der Waals surface area contributed by atoms with E-state index in [0.717, 1.165) is 10.0 Å². The van der Waals surface area contributed by atoms with Gasteiger partial charge in [-0.25, -0.2) is 4.39 Å². The molecule has 0 atom stereocenters. The molecule has 0 aliphatic carbocycles. The number of aryl methyl sites for hydroxylation is 1. The monoisotopic (exact) mass is 351 g/mol. The Labute approximate surface area is 133 Å². The van der Waals surface area contributed by atoms with E-state index in [2.05, 4.69) is 35.1 Å². The molecule has 0 bridgehead atoms. The molecule has 2 rings (SSSR count). The van der Waals surface area contributed by atoms with Crippen molar-refractivity contribution in [1.29, 1.82) is 0 Å². The van der Waals surface area contributed by atoms with E-state index < -0.39 is 0 Å². The van der Waals surface area contributed by atoms with E-state index in [1.807, 2.05) is 18.2 Å². The zero-order valence-electron chi connectivity index (χ0n) is 12.4. The van der Waals surface area contributed by atoms with Gasteiger partial charge >= 0.3 is 0 Å². The summed E-state index contributed by atoms with van der Waals surface area (Å²) < 4.78 is 20.8. The molecule has 1 N–H and O–H groups in total. The van der Waals surface area contributed by atoms with Gasteiger partial charge in [-0.1, -0.05) is 48.0 Å². The van der Waals surface area contributed by atoms with Crippen molar-refractivity contribution in [2.45, 2.75) is 33.4 Å². The number of hydrogen-bond donors (Lipinski definition) is 1. The van der Waals surface area contributed by atoms with Crippen LogP contribution in [-0.2, 0) is 6.54 Å². The lowest BCUT2D eigenvalue weighted by Gasteiger charge is -2.15.